The number of amides is 1. The van der Waals surface area contributed by atoms with Crippen LogP contribution in [0.15, 0.2) is 34.8 Å². The van der Waals surface area contributed by atoms with E-state index in [-0.39, 0.29) is 22.0 Å². The van der Waals surface area contributed by atoms with E-state index >= 15 is 0 Å². The first-order valence-corrected chi connectivity index (χ1v) is 7.29. The van der Waals surface area contributed by atoms with Gasteiger partial charge >= 0.3 is 0 Å². The van der Waals surface area contributed by atoms with E-state index in [1.807, 2.05) is 0 Å². The molecule has 0 spiro atoms. The Balaban J connectivity index is 2.37. The number of nitro benzene ring substituents is 1. The van der Waals surface area contributed by atoms with Crippen LogP contribution >= 0.6 is 27.5 Å². The second kappa shape index (κ2) is 6.93. The normalized spacial score (nSPS) is 10.3. The minimum Gasteiger partial charge on any atom is -0.493 e. The third kappa shape index (κ3) is 3.77. The van der Waals surface area contributed by atoms with E-state index in [1.54, 1.807) is 0 Å². The highest BCUT2D eigenvalue weighted by atomic mass is 79.9. The van der Waals surface area contributed by atoms with Crippen molar-refractivity contribution in [2.75, 3.05) is 12.4 Å². The lowest BCUT2D eigenvalue weighted by Crippen LogP contribution is -2.13. The number of ether oxygens (including phenoxy) is 1. The average Bonchev–Trinajstić information content (AvgIpc) is 2.46. The maximum atomic E-state index is 13.5. The quantitative estimate of drug-likeness (QED) is 0.605. The summed E-state index contributed by atoms with van der Waals surface area (Å²) in [6, 6.07) is 5.87. The number of methoxy groups -OCH3 is 1. The molecule has 1 amide bonds. The van der Waals surface area contributed by atoms with Crippen molar-refractivity contribution in [1.29, 1.82) is 0 Å². The molecule has 0 unspecified atom stereocenters. The SMILES string of the molecule is COc1c(Br)cc(F)cc1NC(=O)c1ccc(Cl)c([N+](=O)[O-])c1. The van der Waals surface area contributed by atoms with Gasteiger partial charge in [0.2, 0.25) is 0 Å². The van der Waals surface area contributed by atoms with Crippen molar-refractivity contribution >= 4 is 44.8 Å². The highest BCUT2D eigenvalue weighted by Gasteiger charge is 2.18. The van der Waals surface area contributed by atoms with Gasteiger partial charge in [0.25, 0.3) is 11.6 Å². The van der Waals surface area contributed by atoms with Crippen LogP contribution in [0.4, 0.5) is 15.8 Å². The van der Waals surface area contributed by atoms with Crippen LogP contribution in [-0.4, -0.2) is 17.9 Å². The molecule has 0 aliphatic heterocycles. The van der Waals surface area contributed by atoms with E-state index in [4.69, 9.17) is 16.3 Å². The largest absolute Gasteiger partial charge is 0.493 e. The minimum absolute atomic E-state index is 0.00327. The maximum absolute atomic E-state index is 13.5. The Labute approximate surface area is 143 Å². The molecule has 0 atom stereocenters. The highest BCUT2D eigenvalue weighted by Crippen LogP contribution is 2.34. The van der Waals surface area contributed by atoms with Crippen molar-refractivity contribution in [3.8, 4) is 5.75 Å². The van der Waals surface area contributed by atoms with Crippen LogP contribution in [-0.2, 0) is 0 Å². The Kier molecular flexibility index (Phi) is 5.17. The molecule has 120 valence electrons. The van der Waals surface area contributed by atoms with Gasteiger partial charge in [0, 0.05) is 17.7 Å². The number of rotatable bonds is 4. The predicted molar refractivity (Wildman–Crippen MR) is 86.7 cm³/mol. The fraction of sp³-hybridized carbons (Fsp3) is 0.0714. The molecule has 23 heavy (non-hydrogen) atoms. The molecule has 0 radical (unpaired) electrons. The Morgan fingerprint density at radius 1 is 1.39 bits per heavy atom. The second-order valence-corrected chi connectivity index (χ2v) is 5.61. The number of hydrogen-bond donors (Lipinski definition) is 1. The Morgan fingerprint density at radius 2 is 2.09 bits per heavy atom. The molecule has 2 aromatic carbocycles. The van der Waals surface area contributed by atoms with Crippen molar-refractivity contribution < 1.29 is 18.8 Å². The Hall–Kier alpha value is -2.19. The molecule has 0 saturated heterocycles. The summed E-state index contributed by atoms with van der Waals surface area (Å²) in [7, 11) is 1.36. The number of nitrogens with zero attached hydrogens (tertiary/aromatic N) is 1. The number of carbonyl (C=O) groups is 1. The van der Waals surface area contributed by atoms with Crippen LogP contribution in [0.1, 0.15) is 10.4 Å². The summed E-state index contributed by atoms with van der Waals surface area (Å²) in [6.45, 7) is 0. The van der Waals surface area contributed by atoms with Gasteiger partial charge in [-0.3, -0.25) is 14.9 Å². The number of benzene rings is 2. The zero-order valence-corrected chi connectivity index (χ0v) is 13.9. The third-order valence-corrected chi connectivity index (χ3v) is 3.77. The van der Waals surface area contributed by atoms with Crippen molar-refractivity contribution in [2.45, 2.75) is 0 Å². The van der Waals surface area contributed by atoms with E-state index in [1.165, 1.54) is 25.3 Å². The summed E-state index contributed by atoms with van der Waals surface area (Å²) in [6.07, 6.45) is 0. The van der Waals surface area contributed by atoms with Gasteiger partial charge in [-0.15, -0.1) is 0 Å². The summed E-state index contributed by atoms with van der Waals surface area (Å²) in [5.74, 6) is -1.03. The minimum atomic E-state index is -0.696. The number of nitro groups is 1. The van der Waals surface area contributed by atoms with Gasteiger partial charge in [-0.05, 0) is 34.1 Å². The summed E-state index contributed by atoms with van der Waals surface area (Å²) >= 11 is 8.82. The molecule has 2 rings (SSSR count). The first-order chi connectivity index (χ1) is 10.8. The molecule has 6 nitrogen and oxygen atoms in total. The van der Waals surface area contributed by atoms with E-state index in [2.05, 4.69) is 21.2 Å². The molecule has 0 fully saturated rings. The van der Waals surface area contributed by atoms with Gasteiger partial charge in [0.1, 0.15) is 10.8 Å². The zero-order chi connectivity index (χ0) is 17.1. The van der Waals surface area contributed by atoms with Crippen molar-refractivity contribution in [1.82, 2.24) is 0 Å². The predicted octanol–water partition coefficient (Wildman–Crippen LogP) is 4.41. The molecule has 0 aliphatic rings. The number of anilines is 1. The van der Waals surface area contributed by atoms with E-state index in [9.17, 15) is 19.3 Å². The standard InChI is InChI=1S/C14H9BrClFN2O4/c1-23-13-9(15)5-8(17)6-11(13)18-14(20)7-2-3-10(16)12(4-7)19(21)22/h2-6H,1H3,(H,18,20). The zero-order valence-electron chi connectivity index (χ0n) is 11.6. The second-order valence-electron chi connectivity index (χ2n) is 4.35. The van der Waals surface area contributed by atoms with Crippen LogP contribution in [0.5, 0.6) is 5.75 Å². The van der Waals surface area contributed by atoms with Gasteiger partial charge in [0.15, 0.2) is 5.75 Å². The molecule has 0 aliphatic carbocycles. The van der Waals surface area contributed by atoms with E-state index in [0.717, 1.165) is 12.1 Å². The Bertz CT molecular complexity index is 801. The first-order valence-electron chi connectivity index (χ1n) is 6.11. The van der Waals surface area contributed by atoms with E-state index < -0.39 is 22.3 Å². The monoisotopic (exact) mass is 402 g/mol. The van der Waals surface area contributed by atoms with Crippen molar-refractivity contribution in [3.63, 3.8) is 0 Å². The summed E-state index contributed by atoms with van der Waals surface area (Å²) in [5, 5.41) is 13.2. The highest BCUT2D eigenvalue weighted by molar-refractivity contribution is 9.10. The first kappa shape index (κ1) is 17.2. The van der Waals surface area contributed by atoms with Crippen LogP contribution < -0.4 is 10.1 Å². The number of nitrogens with one attached hydrogen (secondary N) is 1. The summed E-state index contributed by atoms with van der Waals surface area (Å²) in [5.41, 5.74) is -0.308. The summed E-state index contributed by atoms with van der Waals surface area (Å²) in [4.78, 5) is 22.4. The molecule has 0 heterocycles. The molecule has 0 bridgehead atoms. The number of hydrogen-bond acceptors (Lipinski definition) is 4. The van der Waals surface area contributed by atoms with Crippen LogP contribution in [0.3, 0.4) is 0 Å². The summed E-state index contributed by atoms with van der Waals surface area (Å²) < 4.78 is 18.9. The molecule has 0 saturated carbocycles. The lowest BCUT2D eigenvalue weighted by atomic mass is 10.2. The number of halogens is 3. The van der Waals surface area contributed by atoms with E-state index in [0.29, 0.717) is 4.47 Å². The third-order valence-electron chi connectivity index (χ3n) is 2.87. The van der Waals surface area contributed by atoms with Gasteiger partial charge < -0.3 is 10.1 Å². The van der Waals surface area contributed by atoms with Gasteiger partial charge in [-0.1, -0.05) is 11.6 Å². The van der Waals surface area contributed by atoms with Gasteiger partial charge in [-0.25, -0.2) is 4.39 Å². The maximum Gasteiger partial charge on any atom is 0.288 e. The molecular formula is C14H9BrClFN2O4. The van der Waals surface area contributed by atoms with Crippen LogP contribution in [0.2, 0.25) is 5.02 Å². The smallest absolute Gasteiger partial charge is 0.288 e. The molecular weight excluding hydrogens is 395 g/mol. The van der Waals surface area contributed by atoms with Gasteiger partial charge in [-0.2, -0.15) is 0 Å². The average molecular weight is 404 g/mol. The molecule has 0 aromatic heterocycles. The lowest BCUT2D eigenvalue weighted by molar-refractivity contribution is -0.384. The number of carbonyl (C=O) groups excluding carboxylic acids is 1. The van der Waals surface area contributed by atoms with Gasteiger partial charge in [0.05, 0.1) is 22.2 Å². The molecule has 2 aromatic rings. The van der Waals surface area contributed by atoms with Crippen molar-refractivity contribution in [3.05, 3.63) is 61.3 Å². The Morgan fingerprint density at radius 3 is 2.70 bits per heavy atom. The molecule has 9 heteroatoms. The topological polar surface area (TPSA) is 81.5 Å². The van der Waals surface area contributed by atoms with Crippen LogP contribution in [0.25, 0.3) is 0 Å². The van der Waals surface area contributed by atoms with Crippen molar-refractivity contribution in [2.24, 2.45) is 0 Å². The fourth-order valence-electron chi connectivity index (χ4n) is 1.85. The fourth-order valence-corrected chi connectivity index (χ4v) is 2.63. The lowest BCUT2D eigenvalue weighted by Gasteiger charge is -2.12. The molecule has 1 N–H and O–H groups in total. The van der Waals surface area contributed by atoms with Crippen LogP contribution in [0, 0.1) is 15.9 Å².